The summed E-state index contributed by atoms with van der Waals surface area (Å²) in [5.74, 6) is -0.0203. The molecule has 2 aromatic carbocycles. The van der Waals surface area contributed by atoms with Crippen LogP contribution in [-0.4, -0.2) is 22.9 Å². The number of anilines is 2. The fraction of sp³-hybridized carbons (Fsp3) is 0.444. The van der Waals surface area contributed by atoms with Gasteiger partial charge in [0.15, 0.2) is 0 Å². The number of hydrogen-bond donors (Lipinski definition) is 3. The Bertz CT molecular complexity index is 1070. The van der Waals surface area contributed by atoms with Gasteiger partial charge in [0, 0.05) is 27.7 Å². The van der Waals surface area contributed by atoms with Gasteiger partial charge in [-0.25, -0.2) is 4.79 Å². The molecule has 0 aromatic heterocycles. The molecule has 0 spiro atoms. The van der Waals surface area contributed by atoms with Crippen molar-refractivity contribution in [3.63, 3.8) is 0 Å². The van der Waals surface area contributed by atoms with Crippen molar-refractivity contribution in [2.45, 2.75) is 57.8 Å². The summed E-state index contributed by atoms with van der Waals surface area (Å²) >= 11 is 5.96. The molecule has 4 unspecified atom stereocenters. The molecule has 2 aliphatic carbocycles. The Balaban J connectivity index is 1.35. The second-order valence-electron chi connectivity index (χ2n) is 9.70. The third-order valence-corrected chi connectivity index (χ3v) is 7.96. The fourth-order valence-electron chi connectivity index (χ4n) is 5.85. The van der Waals surface area contributed by atoms with Gasteiger partial charge in [-0.3, -0.25) is 9.59 Å². The van der Waals surface area contributed by atoms with Crippen molar-refractivity contribution in [3.8, 4) is 0 Å². The average molecular weight is 483 g/mol. The Morgan fingerprint density at radius 1 is 1.06 bits per heavy atom. The molecule has 6 nitrogen and oxygen atoms in total. The van der Waals surface area contributed by atoms with Gasteiger partial charge in [-0.2, -0.15) is 0 Å². The molecule has 0 heterocycles. The molecule has 2 saturated carbocycles. The second kappa shape index (κ2) is 10.2. The molecule has 2 amide bonds. The van der Waals surface area contributed by atoms with E-state index in [4.69, 9.17) is 11.6 Å². The lowest BCUT2D eigenvalue weighted by molar-refractivity contribution is -0.151. The van der Waals surface area contributed by atoms with Crippen molar-refractivity contribution in [3.05, 3.63) is 59.1 Å². The first kappa shape index (κ1) is 24.3. The molecule has 34 heavy (non-hydrogen) atoms. The average Bonchev–Trinajstić information content (AvgIpc) is 2.81. The largest absolute Gasteiger partial charge is 0.481 e. The van der Waals surface area contributed by atoms with E-state index in [2.05, 4.69) is 10.6 Å². The first-order valence-corrected chi connectivity index (χ1v) is 12.4. The van der Waals surface area contributed by atoms with Gasteiger partial charge in [0.2, 0.25) is 0 Å². The summed E-state index contributed by atoms with van der Waals surface area (Å²) in [6, 6.07) is 14.5. The Hall–Kier alpha value is -2.86. The lowest BCUT2D eigenvalue weighted by Gasteiger charge is -2.46. The SMILES string of the molecule is CCC1(CC(=O)O)CCC2CC(c3ccc(NC(=O)Nc4cccc(Cl)c4)cc3)CCC2C1=O. The summed E-state index contributed by atoms with van der Waals surface area (Å²) in [5.41, 5.74) is 1.85. The van der Waals surface area contributed by atoms with E-state index >= 15 is 0 Å². The van der Waals surface area contributed by atoms with E-state index in [1.807, 2.05) is 31.2 Å². The van der Waals surface area contributed by atoms with Gasteiger partial charge >= 0.3 is 12.0 Å². The number of carbonyl (C=O) groups is 3. The summed E-state index contributed by atoms with van der Waals surface area (Å²) in [6.45, 7) is 1.94. The molecule has 2 aromatic rings. The number of nitrogens with one attached hydrogen (secondary N) is 2. The van der Waals surface area contributed by atoms with Crippen LogP contribution in [0.2, 0.25) is 5.02 Å². The zero-order chi connectivity index (χ0) is 24.3. The number of hydrogen-bond acceptors (Lipinski definition) is 3. The molecule has 0 aliphatic heterocycles. The summed E-state index contributed by atoms with van der Waals surface area (Å²) < 4.78 is 0. The molecule has 0 saturated heterocycles. The summed E-state index contributed by atoms with van der Waals surface area (Å²) in [6.07, 6.45) is 4.83. The molecule has 0 bridgehead atoms. The minimum atomic E-state index is -0.878. The lowest BCUT2D eigenvalue weighted by atomic mass is 9.56. The smallest absolute Gasteiger partial charge is 0.323 e. The number of carbonyl (C=O) groups excluding carboxylic acids is 2. The maximum absolute atomic E-state index is 13.3. The first-order valence-electron chi connectivity index (χ1n) is 12.0. The normalized spacial score (nSPS) is 26.4. The van der Waals surface area contributed by atoms with Crippen molar-refractivity contribution in [2.75, 3.05) is 10.6 Å². The van der Waals surface area contributed by atoms with Crippen LogP contribution in [0.25, 0.3) is 0 Å². The number of aliphatic carboxylic acids is 1. The minimum Gasteiger partial charge on any atom is -0.481 e. The topological polar surface area (TPSA) is 95.5 Å². The van der Waals surface area contributed by atoms with Gasteiger partial charge < -0.3 is 15.7 Å². The van der Waals surface area contributed by atoms with Gasteiger partial charge in [0.25, 0.3) is 0 Å². The number of ketones is 1. The third-order valence-electron chi connectivity index (χ3n) is 7.72. The predicted octanol–water partition coefficient (Wildman–Crippen LogP) is 6.72. The molecule has 3 N–H and O–H groups in total. The van der Waals surface area contributed by atoms with E-state index in [1.165, 1.54) is 5.56 Å². The predicted molar refractivity (Wildman–Crippen MR) is 133 cm³/mol. The standard InChI is InChI=1S/C27H31ClN2O4/c1-2-27(16-24(31)32)13-12-19-14-18(8-11-23(19)25(27)33)17-6-9-21(10-7-17)29-26(34)30-22-5-3-4-20(28)15-22/h3-7,9-10,15,18-19,23H,2,8,11-14,16H2,1H3,(H,31,32)(H2,29,30,34). The summed E-state index contributed by atoms with van der Waals surface area (Å²) in [7, 11) is 0. The van der Waals surface area contributed by atoms with E-state index < -0.39 is 11.4 Å². The maximum Gasteiger partial charge on any atom is 0.323 e. The minimum absolute atomic E-state index is 0.0135. The number of urea groups is 1. The van der Waals surface area contributed by atoms with Crippen LogP contribution in [0.4, 0.5) is 16.2 Å². The van der Waals surface area contributed by atoms with E-state index in [0.717, 1.165) is 25.7 Å². The number of halogens is 1. The molecule has 4 rings (SSSR count). The first-order chi connectivity index (χ1) is 16.3. The van der Waals surface area contributed by atoms with E-state index in [0.29, 0.717) is 41.1 Å². The van der Waals surface area contributed by atoms with Crippen molar-refractivity contribution in [1.29, 1.82) is 0 Å². The molecular formula is C27H31ClN2O4. The number of carboxylic acid groups (broad SMARTS) is 1. The molecule has 2 aliphatic rings. The third kappa shape index (κ3) is 5.27. The molecule has 4 atom stereocenters. The number of fused-ring (bicyclic) bond motifs is 1. The van der Waals surface area contributed by atoms with Crippen LogP contribution in [0.5, 0.6) is 0 Å². The molecular weight excluding hydrogens is 452 g/mol. The number of carboxylic acids is 1. The Morgan fingerprint density at radius 3 is 2.47 bits per heavy atom. The monoisotopic (exact) mass is 482 g/mol. The van der Waals surface area contributed by atoms with Gasteiger partial charge in [0.1, 0.15) is 5.78 Å². The summed E-state index contributed by atoms with van der Waals surface area (Å²) in [5, 5.41) is 15.5. The van der Waals surface area contributed by atoms with E-state index in [9.17, 15) is 19.5 Å². The highest BCUT2D eigenvalue weighted by atomic mass is 35.5. The van der Waals surface area contributed by atoms with Gasteiger partial charge in [-0.15, -0.1) is 0 Å². The van der Waals surface area contributed by atoms with E-state index in [-0.39, 0.29) is 24.2 Å². The number of rotatable bonds is 6. The van der Waals surface area contributed by atoms with Crippen LogP contribution < -0.4 is 10.6 Å². The molecule has 2 fully saturated rings. The highest BCUT2D eigenvalue weighted by Gasteiger charge is 2.50. The fourth-order valence-corrected chi connectivity index (χ4v) is 6.04. The van der Waals surface area contributed by atoms with Crippen LogP contribution in [-0.2, 0) is 9.59 Å². The van der Waals surface area contributed by atoms with Crippen molar-refractivity contribution >= 4 is 40.8 Å². The highest BCUT2D eigenvalue weighted by Crippen LogP contribution is 2.51. The number of Topliss-reactive ketones (excluding diaryl/α,β-unsaturated/α-hetero) is 1. The van der Waals surface area contributed by atoms with Crippen LogP contribution in [0.1, 0.15) is 63.4 Å². The van der Waals surface area contributed by atoms with Gasteiger partial charge in [-0.05, 0) is 86.3 Å². The van der Waals surface area contributed by atoms with Gasteiger partial charge in [0.05, 0.1) is 6.42 Å². The molecule has 7 heteroatoms. The van der Waals surface area contributed by atoms with Crippen LogP contribution in [0.3, 0.4) is 0 Å². The Labute approximate surface area is 205 Å². The quantitative estimate of drug-likeness (QED) is 0.426. The van der Waals surface area contributed by atoms with Crippen molar-refractivity contribution < 1.29 is 19.5 Å². The second-order valence-corrected chi connectivity index (χ2v) is 10.1. The highest BCUT2D eigenvalue weighted by molar-refractivity contribution is 6.30. The van der Waals surface area contributed by atoms with Crippen LogP contribution in [0.15, 0.2) is 48.5 Å². The number of amides is 2. The Morgan fingerprint density at radius 2 is 1.79 bits per heavy atom. The zero-order valence-electron chi connectivity index (χ0n) is 19.4. The zero-order valence-corrected chi connectivity index (χ0v) is 20.1. The number of benzene rings is 2. The lowest BCUT2D eigenvalue weighted by Crippen LogP contribution is -2.46. The summed E-state index contributed by atoms with van der Waals surface area (Å²) in [4.78, 5) is 36.9. The van der Waals surface area contributed by atoms with Crippen LogP contribution >= 0.6 is 11.6 Å². The van der Waals surface area contributed by atoms with Gasteiger partial charge in [-0.1, -0.05) is 36.7 Å². The van der Waals surface area contributed by atoms with Crippen molar-refractivity contribution in [2.24, 2.45) is 17.3 Å². The van der Waals surface area contributed by atoms with Crippen LogP contribution in [0, 0.1) is 17.3 Å². The Kier molecular flexibility index (Phi) is 7.27. The maximum atomic E-state index is 13.3. The van der Waals surface area contributed by atoms with Crippen molar-refractivity contribution in [1.82, 2.24) is 0 Å². The molecule has 0 radical (unpaired) electrons. The molecule has 180 valence electrons. The van der Waals surface area contributed by atoms with E-state index in [1.54, 1.807) is 24.3 Å².